The van der Waals surface area contributed by atoms with Crippen LogP contribution in [0.4, 0.5) is 0 Å². The fourth-order valence-corrected chi connectivity index (χ4v) is 2.13. The molecule has 3 aromatic rings. The normalized spacial score (nSPS) is 11.5. The summed E-state index contributed by atoms with van der Waals surface area (Å²) in [5.41, 5.74) is 3.67. The quantitative estimate of drug-likeness (QED) is 0.453. The smallest absolute Gasteiger partial charge is 0.137 e. The van der Waals surface area contributed by atoms with E-state index >= 15 is 0 Å². The van der Waals surface area contributed by atoms with Crippen LogP contribution in [0.15, 0.2) is 72.4 Å². The summed E-state index contributed by atoms with van der Waals surface area (Å²) in [6.45, 7) is 0.376. The van der Waals surface area contributed by atoms with Crippen molar-refractivity contribution in [3.63, 3.8) is 0 Å². The van der Waals surface area contributed by atoms with Gasteiger partial charge in [0.05, 0.1) is 6.54 Å². The van der Waals surface area contributed by atoms with Crippen LogP contribution in [0.3, 0.4) is 0 Å². The molecule has 0 bridgehead atoms. The van der Waals surface area contributed by atoms with Gasteiger partial charge < -0.3 is 5.21 Å². The molecule has 5 heteroatoms. The van der Waals surface area contributed by atoms with E-state index in [2.05, 4.69) is 27.4 Å². The highest BCUT2D eigenvalue weighted by molar-refractivity contribution is 6.00. The zero-order valence-corrected chi connectivity index (χ0v) is 11.3. The first-order valence-electron chi connectivity index (χ1n) is 6.56. The van der Waals surface area contributed by atoms with Crippen molar-refractivity contribution >= 4 is 5.71 Å². The minimum absolute atomic E-state index is 0.376. The standard InChI is InChI=1S/C16H14N4O/c21-19-16(10-20-12-17-11-18-20)15-8-6-14(7-9-15)13-4-2-1-3-5-13/h1-9,11-12,21H,10H2. The Morgan fingerprint density at radius 3 is 2.33 bits per heavy atom. The molecular formula is C16H14N4O. The van der Waals surface area contributed by atoms with Crippen LogP contribution in [0.5, 0.6) is 0 Å². The second-order valence-electron chi connectivity index (χ2n) is 4.58. The molecule has 0 amide bonds. The van der Waals surface area contributed by atoms with Gasteiger partial charge in [-0.3, -0.25) is 0 Å². The Kier molecular flexibility index (Phi) is 3.73. The molecule has 0 aliphatic heterocycles. The van der Waals surface area contributed by atoms with Crippen molar-refractivity contribution in [2.24, 2.45) is 5.16 Å². The maximum Gasteiger partial charge on any atom is 0.137 e. The van der Waals surface area contributed by atoms with Crippen LogP contribution in [0.25, 0.3) is 11.1 Å². The maximum atomic E-state index is 9.19. The molecule has 0 unspecified atom stereocenters. The summed E-state index contributed by atoms with van der Waals surface area (Å²) in [5, 5.41) is 16.6. The van der Waals surface area contributed by atoms with E-state index in [1.54, 1.807) is 11.0 Å². The molecule has 0 aliphatic rings. The third kappa shape index (κ3) is 2.97. The van der Waals surface area contributed by atoms with Gasteiger partial charge in [-0.1, -0.05) is 59.8 Å². The van der Waals surface area contributed by atoms with Crippen LogP contribution in [-0.4, -0.2) is 25.7 Å². The Morgan fingerprint density at radius 1 is 1.00 bits per heavy atom. The summed E-state index contributed by atoms with van der Waals surface area (Å²) in [6, 6.07) is 18.0. The van der Waals surface area contributed by atoms with Gasteiger partial charge in [0.1, 0.15) is 18.4 Å². The van der Waals surface area contributed by atoms with Crippen molar-refractivity contribution in [3.05, 3.63) is 72.8 Å². The van der Waals surface area contributed by atoms with Crippen LogP contribution < -0.4 is 0 Å². The first-order chi connectivity index (χ1) is 10.4. The molecule has 0 radical (unpaired) electrons. The summed E-state index contributed by atoms with van der Waals surface area (Å²) in [5.74, 6) is 0. The molecule has 0 saturated carbocycles. The molecule has 2 aromatic carbocycles. The van der Waals surface area contributed by atoms with Gasteiger partial charge in [0.2, 0.25) is 0 Å². The van der Waals surface area contributed by atoms with E-state index in [1.165, 1.54) is 6.33 Å². The second-order valence-corrected chi connectivity index (χ2v) is 4.58. The van der Waals surface area contributed by atoms with Crippen molar-refractivity contribution in [1.82, 2.24) is 14.8 Å². The monoisotopic (exact) mass is 278 g/mol. The Balaban J connectivity index is 1.83. The number of rotatable bonds is 4. The molecular weight excluding hydrogens is 264 g/mol. The van der Waals surface area contributed by atoms with E-state index in [9.17, 15) is 5.21 Å². The zero-order chi connectivity index (χ0) is 14.5. The predicted molar refractivity (Wildman–Crippen MR) is 80.2 cm³/mol. The Labute approximate surface area is 122 Å². The van der Waals surface area contributed by atoms with E-state index in [1.807, 2.05) is 42.5 Å². The number of nitrogens with zero attached hydrogens (tertiary/aromatic N) is 4. The van der Waals surface area contributed by atoms with Crippen LogP contribution in [0.2, 0.25) is 0 Å². The summed E-state index contributed by atoms with van der Waals surface area (Å²) in [7, 11) is 0. The Bertz CT molecular complexity index is 719. The van der Waals surface area contributed by atoms with Gasteiger partial charge in [-0.25, -0.2) is 9.67 Å². The molecule has 21 heavy (non-hydrogen) atoms. The lowest BCUT2D eigenvalue weighted by molar-refractivity contribution is 0.317. The van der Waals surface area contributed by atoms with Crippen LogP contribution >= 0.6 is 0 Å². The van der Waals surface area contributed by atoms with Crippen LogP contribution in [0.1, 0.15) is 5.56 Å². The first-order valence-corrected chi connectivity index (χ1v) is 6.56. The molecule has 0 saturated heterocycles. The molecule has 0 atom stereocenters. The summed E-state index contributed by atoms with van der Waals surface area (Å²) in [6.07, 6.45) is 3.04. The van der Waals surface area contributed by atoms with E-state index in [0.29, 0.717) is 12.3 Å². The summed E-state index contributed by atoms with van der Waals surface area (Å²) in [4.78, 5) is 3.87. The average Bonchev–Trinajstić information content (AvgIpc) is 3.07. The summed E-state index contributed by atoms with van der Waals surface area (Å²) >= 11 is 0. The van der Waals surface area contributed by atoms with Crippen molar-refractivity contribution in [3.8, 4) is 11.1 Å². The third-order valence-electron chi connectivity index (χ3n) is 3.22. The SMILES string of the molecule is ON=C(Cn1cncn1)c1ccc(-c2ccccc2)cc1. The molecule has 1 heterocycles. The molecule has 104 valence electrons. The minimum Gasteiger partial charge on any atom is -0.411 e. The maximum absolute atomic E-state index is 9.19. The van der Waals surface area contributed by atoms with Crippen LogP contribution in [0, 0.1) is 0 Å². The fraction of sp³-hybridized carbons (Fsp3) is 0.0625. The molecule has 3 rings (SSSR count). The Morgan fingerprint density at radius 2 is 1.71 bits per heavy atom. The number of benzene rings is 2. The first kappa shape index (κ1) is 13.1. The van der Waals surface area contributed by atoms with Gasteiger partial charge in [0, 0.05) is 5.56 Å². The number of aromatic nitrogens is 3. The predicted octanol–water partition coefficient (Wildman–Crippen LogP) is 2.82. The zero-order valence-electron chi connectivity index (χ0n) is 11.3. The fourth-order valence-electron chi connectivity index (χ4n) is 2.13. The number of hydrogen-bond acceptors (Lipinski definition) is 4. The average molecular weight is 278 g/mol. The molecule has 1 N–H and O–H groups in total. The van der Waals surface area contributed by atoms with Crippen molar-refractivity contribution in [2.75, 3.05) is 0 Å². The van der Waals surface area contributed by atoms with Gasteiger partial charge >= 0.3 is 0 Å². The largest absolute Gasteiger partial charge is 0.411 e. The topological polar surface area (TPSA) is 63.3 Å². The highest BCUT2D eigenvalue weighted by atomic mass is 16.4. The highest BCUT2D eigenvalue weighted by Gasteiger charge is 2.06. The van der Waals surface area contributed by atoms with Gasteiger partial charge in [-0.2, -0.15) is 5.10 Å². The molecule has 0 aliphatic carbocycles. The molecule has 5 nitrogen and oxygen atoms in total. The lowest BCUT2D eigenvalue weighted by atomic mass is 10.0. The van der Waals surface area contributed by atoms with Gasteiger partial charge in [-0.05, 0) is 11.1 Å². The van der Waals surface area contributed by atoms with Crippen LogP contribution in [-0.2, 0) is 6.54 Å². The Hall–Kier alpha value is -2.95. The van der Waals surface area contributed by atoms with E-state index in [0.717, 1.165) is 16.7 Å². The van der Waals surface area contributed by atoms with E-state index in [4.69, 9.17) is 0 Å². The molecule has 1 aromatic heterocycles. The summed E-state index contributed by atoms with van der Waals surface area (Å²) < 4.78 is 1.61. The lowest BCUT2D eigenvalue weighted by Crippen LogP contribution is -2.12. The van der Waals surface area contributed by atoms with Gasteiger partial charge in [0.15, 0.2) is 0 Å². The van der Waals surface area contributed by atoms with Crippen molar-refractivity contribution in [2.45, 2.75) is 6.54 Å². The van der Waals surface area contributed by atoms with Crippen molar-refractivity contribution in [1.29, 1.82) is 0 Å². The minimum atomic E-state index is 0.376. The van der Waals surface area contributed by atoms with Crippen molar-refractivity contribution < 1.29 is 5.21 Å². The molecule has 0 fully saturated rings. The molecule has 0 spiro atoms. The van der Waals surface area contributed by atoms with Gasteiger partial charge in [-0.15, -0.1) is 0 Å². The third-order valence-corrected chi connectivity index (χ3v) is 3.22. The van der Waals surface area contributed by atoms with E-state index in [-0.39, 0.29) is 0 Å². The number of oxime groups is 1. The lowest BCUT2D eigenvalue weighted by Gasteiger charge is -2.06. The second kappa shape index (κ2) is 6.00. The van der Waals surface area contributed by atoms with Gasteiger partial charge in [0.25, 0.3) is 0 Å². The number of hydrogen-bond donors (Lipinski definition) is 1. The highest BCUT2D eigenvalue weighted by Crippen LogP contribution is 2.19. The van der Waals surface area contributed by atoms with E-state index < -0.39 is 0 Å².